The average molecular weight is 286 g/mol. The maximum absolute atomic E-state index is 4.31. The van der Waals surface area contributed by atoms with Gasteiger partial charge in [-0.1, -0.05) is 0 Å². The van der Waals surface area contributed by atoms with Crippen molar-refractivity contribution in [2.24, 2.45) is 0 Å². The van der Waals surface area contributed by atoms with Crippen LogP contribution in [0, 0.1) is 0 Å². The number of halogens is 1. The van der Waals surface area contributed by atoms with Gasteiger partial charge in [-0.05, 0) is 34.4 Å². The van der Waals surface area contributed by atoms with E-state index in [4.69, 9.17) is 0 Å². The normalized spacial score (nSPS) is 10.8. The van der Waals surface area contributed by atoms with E-state index in [1.165, 1.54) is 10.4 Å². The summed E-state index contributed by atoms with van der Waals surface area (Å²) in [6, 6.07) is 2.07. The fourth-order valence-corrected chi connectivity index (χ4v) is 2.84. The van der Waals surface area contributed by atoms with E-state index in [2.05, 4.69) is 44.0 Å². The Morgan fingerprint density at radius 2 is 2.47 bits per heavy atom. The number of thiophene rings is 1. The van der Waals surface area contributed by atoms with Crippen molar-refractivity contribution < 1.29 is 0 Å². The molecule has 0 aromatic carbocycles. The maximum atomic E-state index is 4.31. The van der Waals surface area contributed by atoms with Crippen LogP contribution in [-0.4, -0.2) is 16.8 Å². The third-order valence-corrected chi connectivity index (χ3v) is 3.98. The first-order chi connectivity index (χ1) is 7.29. The first-order valence-electron chi connectivity index (χ1n) is 4.67. The standard InChI is InChI=1S/C10H12BrN3S/c1-12-4-8-5-13-14(6-8)7-10-9(11)2-3-15-10/h2-3,5-6,12H,4,7H2,1H3. The molecule has 0 saturated carbocycles. The first-order valence-corrected chi connectivity index (χ1v) is 6.34. The lowest BCUT2D eigenvalue weighted by atomic mass is 10.4. The van der Waals surface area contributed by atoms with Gasteiger partial charge in [0, 0.05) is 27.7 Å². The van der Waals surface area contributed by atoms with Crippen molar-refractivity contribution in [3.05, 3.63) is 38.8 Å². The van der Waals surface area contributed by atoms with Crippen LogP contribution in [0.3, 0.4) is 0 Å². The molecule has 2 rings (SSSR count). The average Bonchev–Trinajstić information content (AvgIpc) is 2.79. The quantitative estimate of drug-likeness (QED) is 0.935. The summed E-state index contributed by atoms with van der Waals surface area (Å²) in [5.41, 5.74) is 1.21. The van der Waals surface area contributed by atoms with E-state index in [0.717, 1.165) is 17.6 Å². The van der Waals surface area contributed by atoms with Crippen LogP contribution in [-0.2, 0) is 13.1 Å². The Kier molecular flexibility index (Phi) is 3.56. The minimum absolute atomic E-state index is 0.835. The Morgan fingerprint density at radius 3 is 3.13 bits per heavy atom. The zero-order valence-corrected chi connectivity index (χ0v) is 10.8. The van der Waals surface area contributed by atoms with Crippen molar-refractivity contribution in [1.82, 2.24) is 15.1 Å². The molecule has 2 aromatic heterocycles. The van der Waals surface area contributed by atoms with Crippen molar-refractivity contribution in [2.45, 2.75) is 13.1 Å². The van der Waals surface area contributed by atoms with Gasteiger partial charge in [0.2, 0.25) is 0 Å². The zero-order valence-electron chi connectivity index (χ0n) is 8.40. The molecule has 0 amide bonds. The summed E-state index contributed by atoms with van der Waals surface area (Å²) in [5.74, 6) is 0. The smallest absolute Gasteiger partial charge is 0.0763 e. The predicted molar refractivity (Wildman–Crippen MR) is 66.1 cm³/mol. The molecule has 0 aliphatic rings. The lowest BCUT2D eigenvalue weighted by Gasteiger charge is -1.99. The van der Waals surface area contributed by atoms with Crippen molar-refractivity contribution in [2.75, 3.05) is 7.05 Å². The van der Waals surface area contributed by atoms with Crippen molar-refractivity contribution >= 4 is 27.3 Å². The minimum Gasteiger partial charge on any atom is -0.316 e. The number of aromatic nitrogens is 2. The molecule has 0 fully saturated rings. The molecule has 1 N–H and O–H groups in total. The number of nitrogens with zero attached hydrogens (tertiary/aromatic N) is 2. The molecule has 80 valence electrons. The van der Waals surface area contributed by atoms with Gasteiger partial charge in [-0.25, -0.2) is 0 Å². The highest BCUT2D eigenvalue weighted by Crippen LogP contribution is 2.23. The summed E-state index contributed by atoms with van der Waals surface area (Å²) in [4.78, 5) is 1.30. The predicted octanol–water partition coefficient (Wildman–Crippen LogP) is 2.47. The fourth-order valence-electron chi connectivity index (χ4n) is 1.37. The van der Waals surface area contributed by atoms with Gasteiger partial charge < -0.3 is 5.32 Å². The van der Waals surface area contributed by atoms with Gasteiger partial charge in [-0.3, -0.25) is 4.68 Å². The Morgan fingerprint density at radius 1 is 1.60 bits per heavy atom. The Hall–Kier alpha value is -0.650. The van der Waals surface area contributed by atoms with Crippen LogP contribution in [0.25, 0.3) is 0 Å². The second kappa shape index (κ2) is 4.92. The van der Waals surface area contributed by atoms with Crippen molar-refractivity contribution in [3.63, 3.8) is 0 Å². The van der Waals surface area contributed by atoms with Gasteiger partial charge in [0.05, 0.1) is 12.7 Å². The molecule has 3 nitrogen and oxygen atoms in total. The summed E-state index contributed by atoms with van der Waals surface area (Å²) in [5, 5.41) is 9.50. The molecule has 0 saturated heterocycles. The number of hydrogen-bond donors (Lipinski definition) is 1. The van der Waals surface area contributed by atoms with Crippen LogP contribution >= 0.6 is 27.3 Å². The number of rotatable bonds is 4. The largest absolute Gasteiger partial charge is 0.316 e. The zero-order chi connectivity index (χ0) is 10.7. The SMILES string of the molecule is CNCc1cnn(Cc2sccc2Br)c1. The minimum atomic E-state index is 0.835. The molecule has 0 atom stereocenters. The molecule has 2 heterocycles. The van der Waals surface area contributed by atoms with Crippen LogP contribution in [0.4, 0.5) is 0 Å². The molecule has 0 aliphatic heterocycles. The third kappa shape index (κ3) is 2.68. The Bertz CT molecular complexity index is 435. The molecule has 15 heavy (non-hydrogen) atoms. The number of nitrogens with one attached hydrogen (secondary N) is 1. The summed E-state index contributed by atoms with van der Waals surface area (Å²) < 4.78 is 3.13. The summed E-state index contributed by atoms with van der Waals surface area (Å²) in [7, 11) is 1.94. The van der Waals surface area contributed by atoms with Crippen LogP contribution in [0.15, 0.2) is 28.3 Å². The molecule has 0 radical (unpaired) electrons. The van der Waals surface area contributed by atoms with E-state index >= 15 is 0 Å². The molecule has 0 spiro atoms. The monoisotopic (exact) mass is 285 g/mol. The molecule has 2 aromatic rings. The topological polar surface area (TPSA) is 29.9 Å². The van der Waals surface area contributed by atoms with E-state index in [1.807, 2.05) is 17.9 Å². The fraction of sp³-hybridized carbons (Fsp3) is 0.300. The molecule has 0 aliphatic carbocycles. The van der Waals surface area contributed by atoms with E-state index in [-0.39, 0.29) is 0 Å². The molecule has 0 bridgehead atoms. The van der Waals surface area contributed by atoms with Gasteiger partial charge in [0.15, 0.2) is 0 Å². The lowest BCUT2D eigenvalue weighted by Crippen LogP contribution is -2.04. The summed E-state index contributed by atoms with van der Waals surface area (Å²) in [6.45, 7) is 1.70. The van der Waals surface area contributed by atoms with E-state index in [0.29, 0.717) is 0 Å². The van der Waals surface area contributed by atoms with Crippen LogP contribution in [0.2, 0.25) is 0 Å². The van der Waals surface area contributed by atoms with Crippen LogP contribution < -0.4 is 5.32 Å². The van der Waals surface area contributed by atoms with Crippen LogP contribution in [0.1, 0.15) is 10.4 Å². The Balaban J connectivity index is 2.08. The third-order valence-electron chi connectivity index (χ3n) is 2.06. The van der Waals surface area contributed by atoms with Crippen LogP contribution in [0.5, 0.6) is 0 Å². The van der Waals surface area contributed by atoms with Gasteiger partial charge in [0.1, 0.15) is 0 Å². The molecule has 5 heteroatoms. The van der Waals surface area contributed by atoms with E-state index in [9.17, 15) is 0 Å². The van der Waals surface area contributed by atoms with Gasteiger partial charge in [-0.15, -0.1) is 11.3 Å². The molecule has 0 unspecified atom stereocenters. The van der Waals surface area contributed by atoms with Gasteiger partial charge >= 0.3 is 0 Å². The van der Waals surface area contributed by atoms with Crippen molar-refractivity contribution in [3.8, 4) is 0 Å². The molecular weight excluding hydrogens is 274 g/mol. The maximum Gasteiger partial charge on any atom is 0.0763 e. The second-order valence-electron chi connectivity index (χ2n) is 3.27. The van der Waals surface area contributed by atoms with Gasteiger partial charge in [-0.2, -0.15) is 5.10 Å². The highest BCUT2D eigenvalue weighted by atomic mass is 79.9. The second-order valence-corrected chi connectivity index (χ2v) is 5.12. The van der Waals surface area contributed by atoms with Gasteiger partial charge in [0.25, 0.3) is 0 Å². The summed E-state index contributed by atoms with van der Waals surface area (Å²) >= 11 is 5.26. The highest BCUT2D eigenvalue weighted by molar-refractivity contribution is 9.10. The molecular formula is C10H12BrN3S. The van der Waals surface area contributed by atoms with Crippen molar-refractivity contribution in [1.29, 1.82) is 0 Å². The summed E-state index contributed by atoms with van der Waals surface area (Å²) in [6.07, 6.45) is 3.97. The Labute approximate surface area is 101 Å². The van der Waals surface area contributed by atoms with E-state index < -0.39 is 0 Å². The number of hydrogen-bond acceptors (Lipinski definition) is 3. The van der Waals surface area contributed by atoms with E-state index in [1.54, 1.807) is 11.3 Å². The highest BCUT2D eigenvalue weighted by Gasteiger charge is 2.03. The lowest BCUT2D eigenvalue weighted by molar-refractivity contribution is 0.691. The first kappa shape index (κ1) is 10.9.